The fraction of sp³-hybridized carbons (Fsp3) is 0.571. The Morgan fingerprint density at radius 3 is 2.24 bits per heavy atom. The second-order valence-electron chi connectivity index (χ2n) is 4.54. The molecule has 0 bridgehead atoms. The van der Waals surface area contributed by atoms with E-state index in [0.29, 0.717) is 25.2 Å². The van der Waals surface area contributed by atoms with Gasteiger partial charge in [-0.25, -0.2) is 0 Å². The number of rotatable bonds is 7. The molecule has 17 heavy (non-hydrogen) atoms. The number of methoxy groups -OCH3 is 1. The second kappa shape index (κ2) is 7.17. The van der Waals surface area contributed by atoms with Crippen molar-refractivity contribution in [2.24, 2.45) is 5.92 Å². The number of anilines is 1. The maximum atomic E-state index is 5.50. The predicted octanol–water partition coefficient (Wildman–Crippen LogP) is 3.17. The molecule has 3 nitrogen and oxygen atoms in total. The minimum Gasteiger partial charge on any atom is -0.491 e. The lowest BCUT2D eigenvalue weighted by Crippen LogP contribution is -2.21. The van der Waals surface area contributed by atoms with Crippen LogP contribution in [0.2, 0.25) is 0 Å². The Labute approximate surface area is 104 Å². The molecule has 0 radical (unpaired) electrons. The third-order valence-corrected chi connectivity index (χ3v) is 2.80. The van der Waals surface area contributed by atoms with Crippen LogP contribution in [0.3, 0.4) is 0 Å². The van der Waals surface area contributed by atoms with Gasteiger partial charge in [-0.1, -0.05) is 13.8 Å². The van der Waals surface area contributed by atoms with Gasteiger partial charge in [0.1, 0.15) is 12.4 Å². The first kappa shape index (κ1) is 13.8. The molecule has 1 N–H and O–H groups in total. The molecule has 0 spiro atoms. The van der Waals surface area contributed by atoms with E-state index in [1.54, 1.807) is 7.11 Å². The summed E-state index contributed by atoms with van der Waals surface area (Å²) in [5, 5.41) is 3.46. The summed E-state index contributed by atoms with van der Waals surface area (Å²) < 4.78 is 10.4. The quantitative estimate of drug-likeness (QED) is 0.739. The highest BCUT2D eigenvalue weighted by Gasteiger charge is 2.06. The molecule has 0 aliphatic rings. The van der Waals surface area contributed by atoms with Crippen molar-refractivity contribution in [1.82, 2.24) is 0 Å². The standard InChI is InChI=1S/C14H23NO2/c1-11(2)12(3)15-13-5-7-14(8-6-13)17-10-9-16-4/h5-8,11-12,15H,9-10H2,1-4H3. The van der Waals surface area contributed by atoms with Crippen LogP contribution in [0.5, 0.6) is 5.75 Å². The Hall–Kier alpha value is -1.22. The predicted molar refractivity (Wildman–Crippen MR) is 71.7 cm³/mol. The first-order valence-corrected chi connectivity index (χ1v) is 6.12. The van der Waals surface area contributed by atoms with E-state index in [4.69, 9.17) is 9.47 Å². The van der Waals surface area contributed by atoms with Crippen molar-refractivity contribution in [3.63, 3.8) is 0 Å². The molecule has 1 atom stereocenters. The van der Waals surface area contributed by atoms with Crippen molar-refractivity contribution < 1.29 is 9.47 Å². The van der Waals surface area contributed by atoms with Crippen molar-refractivity contribution in [2.45, 2.75) is 26.8 Å². The molecule has 1 rings (SSSR count). The Bertz CT molecular complexity index is 309. The lowest BCUT2D eigenvalue weighted by molar-refractivity contribution is 0.146. The van der Waals surface area contributed by atoms with E-state index >= 15 is 0 Å². The van der Waals surface area contributed by atoms with Gasteiger partial charge >= 0.3 is 0 Å². The summed E-state index contributed by atoms with van der Waals surface area (Å²) in [6.07, 6.45) is 0. The lowest BCUT2D eigenvalue weighted by atomic mass is 10.1. The molecule has 1 aromatic rings. The van der Waals surface area contributed by atoms with Gasteiger partial charge in [0.25, 0.3) is 0 Å². The number of hydrogen-bond donors (Lipinski definition) is 1. The van der Waals surface area contributed by atoms with Gasteiger partial charge in [0.2, 0.25) is 0 Å². The fourth-order valence-corrected chi connectivity index (χ4v) is 1.32. The summed E-state index contributed by atoms with van der Waals surface area (Å²) in [5.74, 6) is 1.50. The van der Waals surface area contributed by atoms with Crippen LogP contribution >= 0.6 is 0 Å². The molecular formula is C14H23NO2. The highest BCUT2D eigenvalue weighted by molar-refractivity contribution is 5.47. The molecule has 0 amide bonds. The highest BCUT2D eigenvalue weighted by atomic mass is 16.5. The van der Waals surface area contributed by atoms with Crippen molar-refractivity contribution in [3.05, 3.63) is 24.3 Å². The van der Waals surface area contributed by atoms with E-state index in [0.717, 1.165) is 11.4 Å². The van der Waals surface area contributed by atoms with Gasteiger partial charge < -0.3 is 14.8 Å². The average Bonchev–Trinajstić information content (AvgIpc) is 2.31. The van der Waals surface area contributed by atoms with Crippen molar-refractivity contribution in [3.8, 4) is 5.75 Å². The van der Waals surface area contributed by atoms with E-state index in [1.165, 1.54) is 0 Å². The molecule has 0 heterocycles. The maximum Gasteiger partial charge on any atom is 0.119 e. The first-order chi connectivity index (χ1) is 8.13. The summed E-state index contributed by atoms with van der Waals surface area (Å²) in [6.45, 7) is 7.81. The van der Waals surface area contributed by atoms with Gasteiger partial charge in [0.15, 0.2) is 0 Å². The maximum absolute atomic E-state index is 5.50. The van der Waals surface area contributed by atoms with Crippen LogP contribution in [0.25, 0.3) is 0 Å². The lowest BCUT2D eigenvalue weighted by Gasteiger charge is -2.19. The molecule has 0 aromatic heterocycles. The molecule has 0 aliphatic carbocycles. The van der Waals surface area contributed by atoms with Crippen LogP contribution in [0, 0.1) is 5.92 Å². The number of ether oxygens (including phenoxy) is 2. The number of hydrogen-bond acceptors (Lipinski definition) is 3. The molecule has 3 heteroatoms. The molecule has 96 valence electrons. The van der Waals surface area contributed by atoms with Gasteiger partial charge in [-0.05, 0) is 37.1 Å². The van der Waals surface area contributed by atoms with Gasteiger partial charge in [-0.15, -0.1) is 0 Å². The van der Waals surface area contributed by atoms with E-state index in [2.05, 4.69) is 26.1 Å². The van der Waals surface area contributed by atoms with Crippen LogP contribution < -0.4 is 10.1 Å². The van der Waals surface area contributed by atoms with Crippen LogP contribution in [-0.2, 0) is 4.74 Å². The average molecular weight is 237 g/mol. The third kappa shape index (κ3) is 5.09. The summed E-state index contributed by atoms with van der Waals surface area (Å²) in [5.41, 5.74) is 1.13. The molecule has 0 saturated heterocycles. The Morgan fingerprint density at radius 1 is 1.06 bits per heavy atom. The van der Waals surface area contributed by atoms with Crippen molar-refractivity contribution >= 4 is 5.69 Å². The smallest absolute Gasteiger partial charge is 0.119 e. The van der Waals surface area contributed by atoms with E-state index in [-0.39, 0.29) is 0 Å². The van der Waals surface area contributed by atoms with Gasteiger partial charge in [0.05, 0.1) is 6.61 Å². The van der Waals surface area contributed by atoms with Crippen LogP contribution in [0.1, 0.15) is 20.8 Å². The third-order valence-electron chi connectivity index (χ3n) is 2.80. The zero-order valence-corrected chi connectivity index (χ0v) is 11.2. The zero-order valence-electron chi connectivity index (χ0n) is 11.2. The zero-order chi connectivity index (χ0) is 12.7. The van der Waals surface area contributed by atoms with Crippen LogP contribution in [0.4, 0.5) is 5.69 Å². The summed E-state index contributed by atoms with van der Waals surface area (Å²) in [6, 6.07) is 8.51. The minimum absolute atomic E-state index is 0.468. The first-order valence-electron chi connectivity index (χ1n) is 6.12. The van der Waals surface area contributed by atoms with Crippen LogP contribution in [-0.4, -0.2) is 26.4 Å². The SMILES string of the molecule is COCCOc1ccc(NC(C)C(C)C)cc1. The molecule has 0 fully saturated rings. The molecule has 0 saturated carbocycles. The number of benzene rings is 1. The summed E-state index contributed by atoms with van der Waals surface area (Å²) >= 11 is 0. The largest absolute Gasteiger partial charge is 0.491 e. The monoisotopic (exact) mass is 237 g/mol. The fourth-order valence-electron chi connectivity index (χ4n) is 1.32. The minimum atomic E-state index is 0.468. The van der Waals surface area contributed by atoms with E-state index in [1.807, 2.05) is 24.3 Å². The van der Waals surface area contributed by atoms with Gasteiger partial charge in [-0.3, -0.25) is 0 Å². The van der Waals surface area contributed by atoms with Gasteiger partial charge in [-0.2, -0.15) is 0 Å². The topological polar surface area (TPSA) is 30.5 Å². The van der Waals surface area contributed by atoms with E-state index in [9.17, 15) is 0 Å². The molecule has 1 aromatic carbocycles. The van der Waals surface area contributed by atoms with Crippen molar-refractivity contribution in [1.29, 1.82) is 0 Å². The highest BCUT2D eigenvalue weighted by Crippen LogP contribution is 2.17. The second-order valence-corrected chi connectivity index (χ2v) is 4.54. The molecule has 0 aliphatic heterocycles. The normalized spacial score (nSPS) is 12.5. The molecule has 1 unspecified atom stereocenters. The number of nitrogens with one attached hydrogen (secondary N) is 1. The Morgan fingerprint density at radius 2 is 1.71 bits per heavy atom. The molecular weight excluding hydrogens is 214 g/mol. The van der Waals surface area contributed by atoms with Crippen molar-refractivity contribution in [2.75, 3.05) is 25.6 Å². The summed E-state index contributed by atoms with van der Waals surface area (Å²) in [4.78, 5) is 0. The van der Waals surface area contributed by atoms with Gasteiger partial charge in [0, 0.05) is 18.8 Å². The Kier molecular flexibility index (Phi) is 5.84. The van der Waals surface area contributed by atoms with Crippen LogP contribution in [0.15, 0.2) is 24.3 Å². The summed E-state index contributed by atoms with van der Waals surface area (Å²) in [7, 11) is 1.67. The van der Waals surface area contributed by atoms with E-state index < -0.39 is 0 Å². The Balaban J connectivity index is 2.44.